The molecule has 6 rings (SSSR count). The number of hydrogen-bond donors (Lipinski definition) is 1. The van der Waals surface area contributed by atoms with Gasteiger partial charge in [-0.2, -0.15) is 0 Å². The van der Waals surface area contributed by atoms with Gasteiger partial charge in [0.15, 0.2) is 0 Å². The van der Waals surface area contributed by atoms with Gasteiger partial charge >= 0.3 is 0 Å². The van der Waals surface area contributed by atoms with Gasteiger partial charge in [-0.25, -0.2) is 0 Å². The zero-order valence-electron chi connectivity index (χ0n) is 17.2. The lowest BCUT2D eigenvalue weighted by molar-refractivity contribution is 0.0540. The Balaban J connectivity index is 1.05. The Morgan fingerprint density at radius 1 is 0.900 bits per heavy atom. The van der Waals surface area contributed by atoms with Gasteiger partial charge in [-0.05, 0) is 59.6 Å². The first-order valence-electron chi connectivity index (χ1n) is 11.2. The highest BCUT2D eigenvalue weighted by Gasteiger charge is 2.55. The molecule has 3 aromatic rings. The molecule has 3 heterocycles. The summed E-state index contributed by atoms with van der Waals surface area (Å²) in [6.07, 6.45) is 2.46. The van der Waals surface area contributed by atoms with Crippen molar-refractivity contribution in [3.8, 4) is 11.3 Å². The smallest absolute Gasteiger partial charge is 0.148 e. The topological polar surface area (TPSA) is 50.3 Å². The van der Waals surface area contributed by atoms with E-state index >= 15 is 0 Å². The van der Waals surface area contributed by atoms with Crippen LogP contribution in [0.5, 0.6) is 0 Å². The van der Waals surface area contributed by atoms with Gasteiger partial charge in [0, 0.05) is 44.5 Å². The largest absolute Gasteiger partial charge is 0.381 e. The van der Waals surface area contributed by atoms with Gasteiger partial charge in [0.2, 0.25) is 0 Å². The fraction of sp³-hybridized carbons (Fsp3) is 0.440. The van der Waals surface area contributed by atoms with Crippen molar-refractivity contribution >= 4 is 16.6 Å². The zero-order chi connectivity index (χ0) is 19.9. The predicted molar refractivity (Wildman–Crippen MR) is 119 cm³/mol. The Morgan fingerprint density at radius 2 is 1.70 bits per heavy atom. The van der Waals surface area contributed by atoms with Gasteiger partial charge in [-0.3, -0.25) is 0 Å². The SMILES string of the molecule is c1ccc2cc(-c3ccc(NC4C5CN(CC6CCOCC6)CC54)nn3)ccc2c1. The van der Waals surface area contributed by atoms with Gasteiger partial charge in [-0.1, -0.05) is 36.4 Å². The molecule has 2 unspecified atom stereocenters. The predicted octanol–water partition coefficient (Wildman–Crippen LogP) is 4.07. The van der Waals surface area contributed by atoms with E-state index in [1.165, 1.54) is 43.2 Å². The molecule has 154 valence electrons. The molecule has 0 radical (unpaired) electrons. The third-order valence-corrected chi connectivity index (χ3v) is 7.15. The van der Waals surface area contributed by atoms with Crippen LogP contribution in [-0.4, -0.2) is 54.0 Å². The quantitative estimate of drug-likeness (QED) is 0.700. The van der Waals surface area contributed by atoms with Crippen LogP contribution >= 0.6 is 0 Å². The molecule has 0 bridgehead atoms. The molecule has 1 aromatic heterocycles. The number of likely N-dealkylation sites (tertiary alicyclic amines) is 1. The lowest BCUT2D eigenvalue weighted by atomic mass is 10.00. The van der Waals surface area contributed by atoms with E-state index in [0.717, 1.165) is 48.0 Å². The first-order valence-corrected chi connectivity index (χ1v) is 11.2. The first-order chi connectivity index (χ1) is 14.8. The van der Waals surface area contributed by atoms with Crippen molar-refractivity contribution in [3.05, 3.63) is 54.6 Å². The molecule has 3 aliphatic rings. The van der Waals surface area contributed by atoms with Crippen LogP contribution in [0.4, 0.5) is 5.82 Å². The molecule has 2 saturated heterocycles. The zero-order valence-corrected chi connectivity index (χ0v) is 17.2. The number of piperidine rings is 1. The van der Waals surface area contributed by atoms with Crippen molar-refractivity contribution in [2.45, 2.75) is 18.9 Å². The van der Waals surface area contributed by atoms with Crippen LogP contribution in [0, 0.1) is 17.8 Å². The van der Waals surface area contributed by atoms with Crippen LogP contribution < -0.4 is 5.32 Å². The normalized spacial score (nSPS) is 26.6. The summed E-state index contributed by atoms with van der Waals surface area (Å²) in [6.45, 7) is 5.60. The van der Waals surface area contributed by atoms with Crippen molar-refractivity contribution < 1.29 is 4.74 Å². The highest BCUT2D eigenvalue weighted by molar-refractivity contribution is 5.86. The molecule has 5 heteroatoms. The number of benzene rings is 2. The highest BCUT2D eigenvalue weighted by atomic mass is 16.5. The molecular weight excluding hydrogens is 372 g/mol. The van der Waals surface area contributed by atoms with E-state index in [2.05, 4.69) is 75.0 Å². The lowest BCUT2D eigenvalue weighted by Crippen LogP contribution is -2.34. The minimum Gasteiger partial charge on any atom is -0.381 e. The molecule has 0 spiro atoms. The molecule has 1 aliphatic carbocycles. The van der Waals surface area contributed by atoms with Crippen molar-refractivity contribution in [2.24, 2.45) is 17.8 Å². The summed E-state index contributed by atoms with van der Waals surface area (Å²) in [5.74, 6) is 3.27. The van der Waals surface area contributed by atoms with Crippen LogP contribution in [-0.2, 0) is 4.74 Å². The van der Waals surface area contributed by atoms with E-state index in [1.807, 2.05) is 0 Å². The van der Waals surface area contributed by atoms with E-state index in [0.29, 0.717) is 6.04 Å². The van der Waals surface area contributed by atoms with E-state index in [9.17, 15) is 0 Å². The third-order valence-electron chi connectivity index (χ3n) is 7.15. The Labute approximate surface area is 177 Å². The molecule has 2 aromatic carbocycles. The molecular formula is C25H28N4O. The van der Waals surface area contributed by atoms with Crippen molar-refractivity contribution in [2.75, 3.05) is 38.2 Å². The highest BCUT2D eigenvalue weighted by Crippen LogP contribution is 2.47. The third kappa shape index (κ3) is 3.57. The van der Waals surface area contributed by atoms with Gasteiger partial charge < -0.3 is 15.0 Å². The second-order valence-electron chi connectivity index (χ2n) is 9.14. The average Bonchev–Trinajstić information content (AvgIpc) is 3.23. The van der Waals surface area contributed by atoms with Crippen LogP contribution in [0.15, 0.2) is 54.6 Å². The van der Waals surface area contributed by atoms with Crippen molar-refractivity contribution in [1.29, 1.82) is 0 Å². The van der Waals surface area contributed by atoms with Gasteiger partial charge in [-0.15, -0.1) is 10.2 Å². The summed E-state index contributed by atoms with van der Waals surface area (Å²) in [4.78, 5) is 2.66. The fourth-order valence-corrected chi connectivity index (χ4v) is 5.35. The van der Waals surface area contributed by atoms with Gasteiger partial charge in [0.05, 0.1) is 5.69 Å². The second-order valence-corrected chi connectivity index (χ2v) is 9.14. The minimum atomic E-state index is 0.566. The first kappa shape index (κ1) is 18.3. The summed E-state index contributed by atoms with van der Waals surface area (Å²) in [6, 6.07) is 19.6. The number of nitrogens with one attached hydrogen (secondary N) is 1. The maximum atomic E-state index is 5.49. The molecule has 1 saturated carbocycles. The Hall–Kier alpha value is -2.50. The molecule has 2 aliphatic heterocycles. The number of fused-ring (bicyclic) bond motifs is 2. The Morgan fingerprint density at radius 3 is 2.47 bits per heavy atom. The Kier molecular flexibility index (Phi) is 4.65. The van der Waals surface area contributed by atoms with Crippen molar-refractivity contribution in [1.82, 2.24) is 15.1 Å². The fourth-order valence-electron chi connectivity index (χ4n) is 5.35. The monoisotopic (exact) mass is 400 g/mol. The molecule has 2 atom stereocenters. The van der Waals surface area contributed by atoms with E-state index in [1.54, 1.807) is 0 Å². The number of nitrogens with zero attached hydrogens (tertiary/aromatic N) is 3. The number of aromatic nitrogens is 2. The Bertz CT molecular complexity index is 1020. The van der Waals surface area contributed by atoms with Gasteiger partial charge in [0.1, 0.15) is 5.82 Å². The maximum Gasteiger partial charge on any atom is 0.148 e. The van der Waals surface area contributed by atoms with Gasteiger partial charge in [0.25, 0.3) is 0 Å². The molecule has 30 heavy (non-hydrogen) atoms. The number of anilines is 1. The summed E-state index contributed by atoms with van der Waals surface area (Å²) in [7, 11) is 0. The molecule has 1 N–H and O–H groups in total. The molecule has 3 fully saturated rings. The number of ether oxygens (including phenoxy) is 1. The summed E-state index contributed by atoms with van der Waals surface area (Å²) >= 11 is 0. The van der Waals surface area contributed by atoms with Crippen LogP contribution in [0.1, 0.15) is 12.8 Å². The standard InChI is InChI=1S/C25H28N4O/c1-2-4-19-13-20(6-5-18(19)3-1)23-7-8-24(28-27-23)26-25-21-15-29(16-22(21)25)14-17-9-11-30-12-10-17/h1-8,13,17,21-22,25H,9-12,14-16H2,(H,26,28). The van der Waals surface area contributed by atoms with Crippen molar-refractivity contribution in [3.63, 3.8) is 0 Å². The maximum absolute atomic E-state index is 5.49. The van der Waals surface area contributed by atoms with E-state index in [-0.39, 0.29) is 0 Å². The molecule has 0 amide bonds. The summed E-state index contributed by atoms with van der Waals surface area (Å²) in [5, 5.41) is 15.1. The second kappa shape index (κ2) is 7.64. The van der Waals surface area contributed by atoms with E-state index in [4.69, 9.17) is 4.74 Å². The van der Waals surface area contributed by atoms with Crippen LogP contribution in [0.3, 0.4) is 0 Å². The van der Waals surface area contributed by atoms with Crippen LogP contribution in [0.2, 0.25) is 0 Å². The minimum absolute atomic E-state index is 0.566. The summed E-state index contributed by atoms with van der Waals surface area (Å²) in [5.41, 5.74) is 2.03. The molecule has 5 nitrogen and oxygen atoms in total. The number of rotatable bonds is 5. The average molecular weight is 401 g/mol. The number of hydrogen-bond acceptors (Lipinski definition) is 5. The lowest BCUT2D eigenvalue weighted by Gasteiger charge is -2.28. The van der Waals surface area contributed by atoms with E-state index < -0.39 is 0 Å². The summed E-state index contributed by atoms with van der Waals surface area (Å²) < 4.78 is 5.49. The van der Waals surface area contributed by atoms with Crippen LogP contribution in [0.25, 0.3) is 22.0 Å².